The Labute approximate surface area is 107 Å². The molecule has 0 unspecified atom stereocenters. The molecule has 1 fully saturated rings. The molecular weight excluding hydrogens is 252 g/mol. The summed E-state index contributed by atoms with van der Waals surface area (Å²) in [5.41, 5.74) is 5.36. The van der Waals surface area contributed by atoms with Gasteiger partial charge in [-0.05, 0) is 25.2 Å². The highest BCUT2D eigenvalue weighted by Gasteiger charge is 2.31. The van der Waals surface area contributed by atoms with Gasteiger partial charge >= 0.3 is 0 Å². The van der Waals surface area contributed by atoms with E-state index in [9.17, 15) is 8.42 Å². The molecule has 1 aromatic rings. The second-order valence-electron chi connectivity index (χ2n) is 4.58. The molecule has 0 aromatic carbocycles. The molecule has 0 saturated heterocycles. The van der Waals surface area contributed by atoms with Gasteiger partial charge in [0, 0.05) is 13.1 Å². The Morgan fingerprint density at radius 1 is 1.39 bits per heavy atom. The maximum Gasteiger partial charge on any atom is 0.246 e. The average Bonchev–Trinajstić information content (AvgIpc) is 3.13. The number of hydrogen-bond acceptors (Lipinski definition) is 5. The van der Waals surface area contributed by atoms with Gasteiger partial charge in [0.25, 0.3) is 0 Å². The van der Waals surface area contributed by atoms with E-state index in [0.29, 0.717) is 19.0 Å². The van der Waals surface area contributed by atoms with E-state index in [1.807, 2.05) is 6.92 Å². The van der Waals surface area contributed by atoms with Gasteiger partial charge in [-0.1, -0.05) is 6.92 Å². The van der Waals surface area contributed by atoms with E-state index < -0.39 is 10.0 Å². The van der Waals surface area contributed by atoms with E-state index in [1.165, 1.54) is 16.7 Å². The summed E-state index contributed by atoms with van der Waals surface area (Å²) in [6.07, 6.45) is 5.57. The van der Waals surface area contributed by atoms with Gasteiger partial charge in [0.05, 0.1) is 12.4 Å². The first-order chi connectivity index (χ1) is 8.54. The Morgan fingerprint density at radius 2 is 2.00 bits per heavy atom. The Hall–Kier alpha value is -1.21. The average molecular weight is 270 g/mol. The largest absolute Gasteiger partial charge is 0.368 e. The van der Waals surface area contributed by atoms with Crippen LogP contribution in [0.1, 0.15) is 26.2 Å². The third-order valence-electron chi connectivity index (χ3n) is 2.92. The molecule has 0 amide bonds. The highest BCUT2D eigenvalue weighted by atomic mass is 32.2. The van der Waals surface area contributed by atoms with Crippen LogP contribution in [0.5, 0.6) is 0 Å². The lowest BCUT2D eigenvalue weighted by molar-refractivity contribution is 0.395. The number of rotatable bonds is 6. The minimum absolute atomic E-state index is 0.0817. The molecule has 1 aliphatic rings. The van der Waals surface area contributed by atoms with Crippen molar-refractivity contribution in [2.24, 2.45) is 5.92 Å². The van der Waals surface area contributed by atoms with Crippen molar-refractivity contribution in [3.05, 3.63) is 12.4 Å². The summed E-state index contributed by atoms with van der Waals surface area (Å²) in [6.45, 7) is 3.10. The standard InChI is InChI=1S/C11H18N4O2S/c1-2-5-15(8-9-3-4-9)18(16,17)10-6-13-11(12)14-7-10/h6-7,9H,2-5,8H2,1H3,(H2,12,13,14). The zero-order chi connectivity index (χ0) is 13.2. The summed E-state index contributed by atoms with van der Waals surface area (Å²) < 4.78 is 26.3. The van der Waals surface area contributed by atoms with E-state index in [-0.39, 0.29) is 10.8 Å². The van der Waals surface area contributed by atoms with Crippen LogP contribution in [0.15, 0.2) is 17.3 Å². The third-order valence-corrected chi connectivity index (χ3v) is 4.74. The van der Waals surface area contributed by atoms with Crippen LogP contribution in [0.4, 0.5) is 5.95 Å². The topological polar surface area (TPSA) is 89.2 Å². The van der Waals surface area contributed by atoms with E-state index in [0.717, 1.165) is 19.3 Å². The van der Waals surface area contributed by atoms with Gasteiger partial charge in [-0.25, -0.2) is 18.4 Å². The van der Waals surface area contributed by atoms with Crippen LogP contribution in [-0.4, -0.2) is 35.8 Å². The third kappa shape index (κ3) is 2.97. The van der Waals surface area contributed by atoms with Crippen molar-refractivity contribution in [3.63, 3.8) is 0 Å². The van der Waals surface area contributed by atoms with Crippen LogP contribution >= 0.6 is 0 Å². The van der Waals surface area contributed by atoms with Gasteiger partial charge < -0.3 is 5.73 Å². The zero-order valence-electron chi connectivity index (χ0n) is 10.4. The molecule has 7 heteroatoms. The molecule has 2 rings (SSSR count). The van der Waals surface area contributed by atoms with E-state index in [4.69, 9.17) is 5.73 Å². The number of nitrogens with zero attached hydrogens (tertiary/aromatic N) is 3. The van der Waals surface area contributed by atoms with Gasteiger partial charge in [-0.3, -0.25) is 0 Å². The minimum atomic E-state index is -3.48. The maximum atomic E-state index is 12.4. The van der Waals surface area contributed by atoms with Gasteiger partial charge in [0.2, 0.25) is 16.0 Å². The molecule has 0 radical (unpaired) electrons. The Balaban J connectivity index is 2.22. The second kappa shape index (κ2) is 5.19. The molecule has 1 aliphatic carbocycles. The fourth-order valence-corrected chi connectivity index (χ4v) is 3.26. The Kier molecular flexibility index (Phi) is 3.82. The van der Waals surface area contributed by atoms with Crippen LogP contribution in [0.25, 0.3) is 0 Å². The summed E-state index contributed by atoms with van der Waals surface area (Å²) in [5.74, 6) is 0.596. The van der Waals surface area contributed by atoms with Crippen LogP contribution < -0.4 is 5.73 Å². The number of nitrogens with two attached hydrogens (primary N) is 1. The van der Waals surface area contributed by atoms with E-state index in [2.05, 4.69) is 9.97 Å². The highest BCUT2D eigenvalue weighted by Crippen LogP contribution is 2.31. The van der Waals surface area contributed by atoms with Gasteiger partial charge in [-0.15, -0.1) is 0 Å². The van der Waals surface area contributed by atoms with Crippen LogP contribution in [0, 0.1) is 5.92 Å². The molecule has 100 valence electrons. The van der Waals surface area contributed by atoms with Crippen molar-refractivity contribution < 1.29 is 8.42 Å². The first-order valence-electron chi connectivity index (χ1n) is 6.11. The number of nitrogen functional groups attached to an aromatic ring is 1. The van der Waals surface area contributed by atoms with Crippen molar-refractivity contribution >= 4 is 16.0 Å². The first kappa shape index (κ1) is 13.2. The highest BCUT2D eigenvalue weighted by molar-refractivity contribution is 7.89. The Bertz CT molecular complexity index is 496. The van der Waals surface area contributed by atoms with Crippen LogP contribution in [-0.2, 0) is 10.0 Å². The monoisotopic (exact) mass is 270 g/mol. The van der Waals surface area contributed by atoms with Crippen molar-refractivity contribution in [1.29, 1.82) is 0 Å². The lowest BCUT2D eigenvalue weighted by Crippen LogP contribution is -2.33. The smallest absolute Gasteiger partial charge is 0.246 e. The fourth-order valence-electron chi connectivity index (χ4n) is 1.76. The van der Waals surface area contributed by atoms with Crippen molar-refractivity contribution in [1.82, 2.24) is 14.3 Å². The molecule has 0 spiro atoms. The molecule has 0 bridgehead atoms. The first-order valence-corrected chi connectivity index (χ1v) is 7.55. The van der Waals surface area contributed by atoms with Crippen LogP contribution in [0.3, 0.4) is 0 Å². The van der Waals surface area contributed by atoms with Crippen molar-refractivity contribution in [2.75, 3.05) is 18.8 Å². The summed E-state index contributed by atoms with van der Waals surface area (Å²) in [7, 11) is -3.48. The minimum Gasteiger partial charge on any atom is -0.368 e. The van der Waals surface area contributed by atoms with E-state index >= 15 is 0 Å². The van der Waals surface area contributed by atoms with Gasteiger partial charge in [-0.2, -0.15) is 4.31 Å². The maximum absolute atomic E-state index is 12.4. The molecule has 0 aliphatic heterocycles. The normalized spacial score (nSPS) is 16.1. The summed E-state index contributed by atoms with van der Waals surface area (Å²) in [4.78, 5) is 7.60. The number of anilines is 1. The molecular formula is C11H18N4O2S. The molecule has 0 atom stereocenters. The zero-order valence-corrected chi connectivity index (χ0v) is 11.2. The lowest BCUT2D eigenvalue weighted by atomic mass is 10.4. The molecule has 1 saturated carbocycles. The molecule has 18 heavy (non-hydrogen) atoms. The molecule has 1 heterocycles. The van der Waals surface area contributed by atoms with E-state index in [1.54, 1.807) is 0 Å². The van der Waals surface area contributed by atoms with Crippen LogP contribution in [0.2, 0.25) is 0 Å². The quantitative estimate of drug-likeness (QED) is 0.828. The summed E-state index contributed by atoms with van der Waals surface area (Å²) in [5, 5.41) is 0. The van der Waals surface area contributed by atoms with Gasteiger partial charge in [0.15, 0.2) is 0 Å². The molecule has 6 nitrogen and oxygen atoms in total. The summed E-state index contributed by atoms with van der Waals surface area (Å²) in [6, 6.07) is 0. The molecule has 2 N–H and O–H groups in total. The van der Waals surface area contributed by atoms with Crippen molar-refractivity contribution in [3.8, 4) is 0 Å². The van der Waals surface area contributed by atoms with Gasteiger partial charge in [0.1, 0.15) is 4.90 Å². The molecule has 1 aromatic heterocycles. The predicted molar refractivity (Wildman–Crippen MR) is 68.2 cm³/mol. The second-order valence-corrected chi connectivity index (χ2v) is 6.52. The summed E-state index contributed by atoms with van der Waals surface area (Å²) >= 11 is 0. The number of aromatic nitrogens is 2. The lowest BCUT2D eigenvalue weighted by Gasteiger charge is -2.21. The number of hydrogen-bond donors (Lipinski definition) is 1. The SMILES string of the molecule is CCCN(CC1CC1)S(=O)(=O)c1cnc(N)nc1. The van der Waals surface area contributed by atoms with Crippen molar-refractivity contribution in [2.45, 2.75) is 31.1 Å². The predicted octanol–water partition coefficient (Wildman–Crippen LogP) is 0.869. The fraction of sp³-hybridized carbons (Fsp3) is 0.636. The Morgan fingerprint density at radius 3 is 2.50 bits per heavy atom. The number of sulfonamides is 1.